The number of halogens is 1. The summed E-state index contributed by atoms with van der Waals surface area (Å²) in [5.41, 5.74) is 2.35. The topological polar surface area (TPSA) is 93.7 Å². The van der Waals surface area contributed by atoms with E-state index in [4.69, 9.17) is 9.47 Å². The summed E-state index contributed by atoms with van der Waals surface area (Å²) in [5, 5.41) is 5.23. The van der Waals surface area contributed by atoms with Crippen molar-refractivity contribution in [1.82, 2.24) is 10.6 Å². The fourth-order valence-electron chi connectivity index (χ4n) is 3.66. The maximum atomic E-state index is 13.6. The van der Waals surface area contributed by atoms with Crippen molar-refractivity contribution in [2.75, 3.05) is 7.11 Å². The second-order valence-electron chi connectivity index (χ2n) is 8.29. The van der Waals surface area contributed by atoms with E-state index in [0.717, 1.165) is 11.1 Å². The third-order valence-electron chi connectivity index (χ3n) is 5.44. The van der Waals surface area contributed by atoms with Crippen LogP contribution in [0.1, 0.15) is 23.6 Å². The summed E-state index contributed by atoms with van der Waals surface area (Å²) >= 11 is 0. The monoisotopic (exact) mass is 492 g/mol. The minimum atomic E-state index is -0.995. The number of rotatable bonds is 11. The summed E-state index contributed by atoms with van der Waals surface area (Å²) in [5.74, 6) is -1.40. The van der Waals surface area contributed by atoms with Crippen molar-refractivity contribution in [1.29, 1.82) is 0 Å². The molecule has 0 fully saturated rings. The van der Waals surface area contributed by atoms with Gasteiger partial charge < -0.3 is 20.1 Å². The molecule has 0 aliphatic carbocycles. The van der Waals surface area contributed by atoms with Crippen molar-refractivity contribution >= 4 is 17.8 Å². The van der Waals surface area contributed by atoms with Gasteiger partial charge in [-0.3, -0.25) is 9.59 Å². The Balaban J connectivity index is 1.66. The van der Waals surface area contributed by atoms with Gasteiger partial charge in [-0.1, -0.05) is 54.6 Å². The van der Waals surface area contributed by atoms with Crippen molar-refractivity contribution < 1.29 is 28.2 Å². The Labute approximate surface area is 209 Å². The Bertz CT molecular complexity index is 1170. The van der Waals surface area contributed by atoms with Crippen molar-refractivity contribution in [3.63, 3.8) is 0 Å². The first-order valence-corrected chi connectivity index (χ1v) is 11.5. The molecule has 0 bridgehead atoms. The second-order valence-corrected chi connectivity index (χ2v) is 8.29. The number of ether oxygens (including phenoxy) is 2. The summed E-state index contributed by atoms with van der Waals surface area (Å²) in [6.45, 7) is 1.71. The minimum absolute atomic E-state index is 0.0600. The summed E-state index contributed by atoms with van der Waals surface area (Å²) in [4.78, 5) is 37.1. The number of esters is 1. The van der Waals surface area contributed by atoms with E-state index in [1.165, 1.54) is 32.2 Å². The first-order chi connectivity index (χ1) is 17.3. The van der Waals surface area contributed by atoms with Crippen LogP contribution in [0.25, 0.3) is 0 Å². The lowest BCUT2D eigenvalue weighted by Gasteiger charge is -2.22. The van der Waals surface area contributed by atoms with Gasteiger partial charge in [-0.05, 0) is 41.0 Å². The molecule has 0 aliphatic rings. The lowest BCUT2D eigenvalue weighted by molar-refractivity contribution is -0.145. The van der Waals surface area contributed by atoms with Crippen molar-refractivity contribution in [2.24, 2.45) is 0 Å². The maximum Gasteiger partial charge on any atom is 0.328 e. The SMILES string of the molecule is COC(=O)[C@H](Cc1ccc(OCc2ccccc2)cc1)NC(=O)[C@H](Cc1cccc(F)c1)NC(C)=O. The highest BCUT2D eigenvalue weighted by Gasteiger charge is 2.27. The van der Waals surface area contributed by atoms with E-state index in [0.29, 0.717) is 17.9 Å². The molecule has 0 radical (unpaired) electrons. The largest absolute Gasteiger partial charge is 0.489 e. The number of nitrogens with one attached hydrogen (secondary N) is 2. The van der Waals surface area contributed by atoms with Crippen LogP contribution >= 0.6 is 0 Å². The Morgan fingerprint density at radius 1 is 0.806 bits per heavy atom. The first kappa shape index (κ1) is 26.4. The van der Waals surface area contributed by atoms with E-state index in [9.17, 15) is 18.8 Å². The average Bonchev–Trinajstić information content (AvgIpc) is 2.87. The molecule has 0 aliphatic heterocycles. The molecule has 36 heavy (non-hydrogen) atoms. The Hall–Kier alpha value is -4.20. The van der Waals surface area contributed by atoms with Gasteiger partial charge in [0.1, 0.15) is 30.3 Å². The fraction of sp³-hybridized carbons (Fsp3) is 0.250. The predicted octanol–water partition coefficient (Wildman–Crippen LogP) is 3.35. The molecular formula is C28H29FN2O5. The molecule has 8 heteroatoms. The van der Waals surface area contributed by atoms with Crippen LogP contribution in [0, 0.1) is 5.82 Å². The Morgan fingerprint density at radius 3 is 2.11 bits per heavy atom. The molecule has 188 valence electrons. The summed E-state index contributed by atoms with van der Waals surface area (Å²) in [6.07, 6.45) is 0.231. The van der Waals surface area contributed by atoms with E-state index in [1.807, 2.05) is 30.3 Å². The highest BCUT2D eigenvalue weighted by atomic mass is 19.1. The van der Waals surface area contributed by atoms with E-state index in [2.05, 4.69) is 10.6 Å². The standard InChI is InChI=1S/C28H29FN2O5/c1-19(32)30-25(17-22-9-6-10-23(29)15-22)27(33)31-26(28(34)35-2)16-20-11-13-24(14-12-20)36-18-21-7-4-3-5-8-21/h3-15,25-26H,16-18H2,1-2H3,(H,30,32)(H,31,33)/t25-,26-/m0/s1. The molecule has 0 saturated heterocycles. The van der Waals surface area contributed by atoms with E-state index >= 15 is 0 Å². The van der Waals surface area contributed by atoms with Gasteiger partial charge in [-0.15, -0.1) is 0 Å². The zero-order chi connectivity index (χ0) is 25.9. The highest BCUT2D eigenvalue weighted by Crippen LogP contribution is 2.16. The first-order valence-electron chi connectivity index (χ1n) is 11.5. The minimum Gasteiger partial charge on any atom is -0.489 e. The van der Waals surface area contributed by atoms with Gasteiger partial charge in [0.2, 0.25) is 11.8 Å². The van der Waals surface area contributed by atoms with E-state index in [-0.39, 0.29) is 12.8 Å². The van der Waals surface area contributed by atoms with Gasteiger partial charge in [0.15, 0.2) is 0 Å². The molecule has 0 saturated carbocycles. The molecule has 3 rings (SSSR count). The van der Waals surface area contributed by atoms with Crippen LogP contribution in [0.15, 0.2) is 78.9 Å². The smallest absolute Gasteiger partial charge is 0.328 e. The number of hydrogen-bond acceptors (Lipinski definition) is 5. The normalized spacial score (nSPS) is 12.2. The number of amides is 2. The van der Waals surface area contributed by atoms with Crippen LogP contribution in [0.2, 0.25) is 0 Å². The molecule has 7 nitrogen and oxygen atoms in total. The number of methoxy groups -OCH3 is 1. The summed E-state index contributed by atoms with van der Waals surface area (Å²) in [6, 6.07) is 20.8. The van der Waals surface area contributed by atoms with Gasteiger partial charge in [-0.2, -0.15) is 0 Å². The molecular weight excluding hydrogens is 463 g/mol. The van der Waals surface area contributed by atoms with Crippen molar-refractivity contribution in [2.45, 2.75) is 38.5 Å². The van der Waals surface area contributed by atoms with Crippen LogP contribution in [-0.2, 0) is 38.6 Å². The second kappa shape index (κ2) is 13.0. The molecule has 2 amide bonds. The molecule has 2 N–H and O–H groups in total. The molecule has 0 spiro atoms. The van der Waals surface area contributed by atoms with Gasteiger partial charge in [0.05, 0.1) is 7.11 Å². The van der Waals surface area contributed by atoms with Crippen LogP contribution < -0.4 is 15.4 Å². The maximum absolute atomic E-state index is 13.6. The third-order valence-corrected chi connectivity index (χ3v) is 5.44. The number of hydrogen-bond donors (Lipinski definition) is 2. The van der Waals surface area contributed by atoms with Gasteiger partial charge in [0, 0.05) is 19.8 Å². The van der Waals surface area contributed by atoms with Crippen molar-refractivity contribution in [3.8, 4) is 5.75 Å². The highest BCUT2D eigenvalue weighted by molar-refractivity contribution is 5.90. The van der Waals surface area contributed by atoms with Crippen LogP contribution in [-0.4, -0.2) is 37.0 Å². The molecule has 2 atom stereocenters. The van der Waals surface area contributed by atoms with Crippen LogP contribution in [0.3, 0.4) is 0 Å². The van der Waals surface area contributed by atoms with Gasteiger partial charge >= 0.3 is 5.97 Å². The predicted molar refractivity (Wildman–Crippen MR) is 133 cm³/mol. The zero-order valence-corrected chi connectivity index (χ0v) is 20.2. The summed E-state index contributed by atoms with van der Waals surface area (Å²) < 4.78 is 24.3. The number of benzene rings is 3. The molecule has 0 aromatic heterocycles. The van der Waals surface area contributed by atoms with Crippen LogP contribution in [0.4, 0.5) is 4.39 Å². The van der Waals surface area contributed by atoms with E-state index in [1.54, 1.807) is 30.3 Å². The summed E-state index contributed by atoms with van der Waals surface area (Å²) in [7, 11) is 1.24. The molecule has 0 heterocycles. The fourth-order valence-corrected chi connectivity index (χ4v) is 3.66. The van der Waals surface area contributed by atoms with E-state index < -0.39 is 35.7 Å². The number of carbonyl (C=O) groups is 3. The molecule has 3 aromatic rings. The molecule has 0 unspecified atom stereocenters. The van der Waals surface area contributed by atoms with Crippen molar-refractivity contribution in [3.05, 3.63) is 101 Å². The zero-order valence-electron chi connectivity index (χ0n) is 20.2. The third kappa shape index (κ3) is 8.23. The Morgan fingerprint density at radius 2 is 1.47 bits per heavy atom. The average molecular weight is 493 g/mol. The molecule has 3 aromatic carbocycles. The van der Waals surface area contributed by atoms with Crippen LogP contribution in [0.5, 0.6) is 5.75 Å². The quantitative estimate of drug-likeness (QED) is 0.401. The van der Waals surface area contributed by atoms with Gasteiger partial charge in [-0.25, -0.2) is 9.18 Å². The van der Waals surface area contributed by atoms with Gasteiger partial charge in [0.25, 0.3) is 0 Å². The Kier molecular flexibility index (Phi) is 9.56. The lowest BCUT2D eigenvalue weighted by Crippen LogP contribution is -2.53. The lowest BCUT2D eigenvalue weighted by atomic mass is 10.0. The number of carbonyl (C=O) groups excluding carboxylic acids is 3.